The van der Waals surface area contributed by atoms with E-state index in [0.717, 1.165) is 11.1 Å². The van der Waals surface area contributed by atoms with E-state index in [-0.39, 0.29) is 23.3 Å². The molecule has 8 nitrogen and oxygen atoms in total. The van der Waals surface area contributed by atoms with Gasteiger partial charge in [-0.05, 0) is 85.6 Å². The Labute approximate surface area is 228 Å². The van der Waals surface area contributed by atoms with E-state index in [9.17, 15) is 10.2 Å². The minimum Gasteiger partial charge on any atom is -0.506 e. The summed E-state index contributed by atoms with van der Waals surface area (Å²) in [6.07, 6.45) is 3.36. The number of phenolic OH excluding ortho intramolecular Hbond substituents is 2. The molecule has 0 bridgehead atoms. The molecule has 194 valence electrons. The second-order valence-corrected chi connectivity index (χ2v) is 9.64. The minimum absolute atomic E-state index is 0.0275. The summed E-state index contributed by atoms with van der Waals surface area (Å²) in [4.78, 5) is 18.2. The van der Waals surface area contributed by atoms with Gasteiger partial charge in [0.15, 0.2) is 11.2 Å². The van der Waals surface area contributed by atoms with Crippen LogP contribution in [0.5, 0.6) is 11.5 Å². The monoisotopic (exact) mass is 526 g/mol. The predicted octanol–water partition coefficient (Wildman–Crippen LogP) is 7.46. The summed E-state index contributed by atoms with van der Waals surface area (Å²) in [5.74, 6) is 0.557. The van der Waals surface area contributed by atoms with Crippen LogP contribution in [0.25, 0.3) is 67.6 Å². The number of pyridine rings is 2. The van der Waals surface area contributed by atoms with Crippen molar-refractivity contribution in [2.45, 2.75) is 13.8 Å². The largest absolute Gasteiger partial charge is 0.506 e. The van der Waals surface area contributed by atoms with Gasteiger partial charge in [0.2, 0.25) is 11.8 Å². The maximum atomic E-state index is 11.2. The zero-order valence-corrected chi connectivity index (χ0v) is 21.6. The van der Waals surface area contributed by atoms with E-state index in [0.29, 0.717) is 55.8 Å². The van der Waals surface area contributed by atoms with Crippen LogP contribution in [0.1, 0.15) is 11.1 Å². The molecular formula is C32H22N4O4. The highest BCUT2D eigenvalue weighted by molar-refractivity contribution is 6.01. The van der Waals surface area contributed by atoms with Crippen LogP contribution >= 0.6 is 0 Å². The second kappa shape index (κ2) is 9.06. The Morgan fingerprint density at radius 3 is 1.38 bits per heavy atom. The van der Waals surface area contributed by atoms with E-state index in [2.05, 4.69) is 9.97 Å². The lowest BCUT2D eigenvalue weighted by molar-refractivity contribution is 0.475. The summed E-state index contributed by atoms with van der Waals surface area (Å²) in [7, 11) is 0. The molecule has 0 radical (unpaired) electrons. The number of nitrogens with zero attached hydrogens (tertiary/aromatic N) is 4. The smallest absolute Gasteiger partial charge is 0.231 e. The lowest BCUT2D eigenvalue weighted by atomic mass is 10.0. The Morgan fingerprint density at radius 2 is 0.975 bits per heavy atom. The van der Waals surface area contributed by atoms with Crippen LogP contribution in [0.15, 0.2) is 94.0 Å². The first-order valence-corrected chi connectivity index (χ1v) is 12.7. The van der Waals surface area contributed by atoms with Gasteiger partial charge in [-0.3, -0.25) is 9.97 Å². The Morgan fingerprint density at radius 1 is 0.550 bits per heavy atom. The molecule has 0 fully saturated rings. The molecule has 7 aromatic rings. The molecule has 0 unspecified atom stereocenters. The summed E-state index contributed by atoms with van der Waals surface area (Å²) in [5.41, 5.74) is 7.16. The molecule has 0 saturated carbocycles. The van der Waals surface area contributed by atoms with Crippen LogP contribution in [0, 0.1) is 13.8 Å². The fraction of sp³-hybridized carbons (Fsp3) is 0.0625. The molecule has 0 aliphatic carbocycles. The second-order valence-electron chi connectivity index (χ2n) is 9.64. The minimum atomic E-state index is 0.0275. The van der Waals surface area contributed by atoms with Gasteiger partial charge in [0.05, 0.1) is 22.5 Å². The number of hydrogen-bond acceptors (Lipinski definition) is 8. The van der Waals surface area contributed by atoms with Crippen LogP contribution in [0.2, 0.25) is 0 Å². The molecule has 0 spiro atoms. The zero-order valence-electron chi connectivity index (χ0n) is 21.6. The zero-order chi connectivity index (χ0) is 27.4. The molecule has 4 aromatic heterocycles. The SMILES string of the molecule is Cc1cc(-c2ccccn2)c(O)c(-c2nc3c(ccc4oc(-c5cc(C)cc(-c6ccccn6)c5O)nc43)o2)c1. The molecule has 4 heterocycles. The summed E-state index contributed by atoms with van der Waals surface area (Å²) < 4.78 is 12.2. The van der Waals surface area contributed by atoms with Gasteiger partial charge < -0.3 is 19.0 Å². The molecule has 3 aromatic carbocycles. The number of hydrogen-bond donors (Lipinski definition) is 2. The van der Waals surface area contributed by atoms with Crippen molar-refractivity contribution in [1.82, 2.24) is 19.9 Å². The molecule has 0 amide bonds. The third-order valence-corrected chi connectivity index (χ3v) is 6.77. The van der Waals surface area contributed by atoms with Gasteiger partial charge in [0.25, 0.3) is 0 Å². The number of aromatic nitrogens is 4. The number of oxazole rings is 2. The van der Waals surface area contributed by atoms with Crippen LogP contribution in [-0.4, -0.2) is 30.1 Å². The topological polar surface area (TPSA) is 118 Å². The Bertz CT molecular complexity index is 1900. The molecule has 2 N–H and O–H groups in total. The number of rotatable bonds is 4. The highest BCUT2D eigenvalue weighted by Gasteiger charge is 2.22. The third-order valence-electron chi connectivity index (χ3n) is 6.77. The molecule has 0 atom stereocenters. The molecule has 0 saturated heterocycles. The van der Waals surface area contributed by atoms with E-state index >= 15 is 0 Å². The van der Waals surface area contributed by atoms with Gasteiger partial charge in [-0.1, -0.05) is 12.1 Å². The third kappa shape index (κ3) is 3.85. The normalized spacial score (nSPS) is 11.4. The summed E-state index contributed by atoms with van der Waals surface area (Å²) in [5, 5.41) is 22.4. The first kappa shape index (κ1) is 23.6. The van der Waals surface area contributed by atoms with Crippen LogP contribution < -0.4 is 0 Å². The van der Waals surface area contributed by atoms with E-state index < -0.39 is 0 Å². The maximum Gasteiger partial charge on any atom is 0.231 e. The van der Waals surface area contributed by atoms with Gasteiger partial charge in [0.1, 0.15) is 22.5 Å². The van der Waals surface area contributed by atoms with Crippen LogP contribution in [-0.2, 0) is 0 Å². The molecular weight excluding hydrogens is 504 g/mol. The van der Waals surface area contributed by atoms with Gasteiger partial charge in [-0.2, -0.15) is 0 Å². The van der Waals surface area contributed by atoms with Gasteiger partial charge in [0, 0.05) is 23.5 Å². The Kier molecular flexibility index (Phi) is 5.35. The molecule has 7 rings (SSSR count). The average Bonchev–Trinajstić information content (AvgIpc) is 3.60. The first-order valence-electron chi connectivity index (χ1n) is 12.7. The number of benzene rings is 3. The number of fused-ring (bicyclic) bond motifs is 3. The maximum absolute atomic E-state index is 11.2. The van der Waals surface area contributed by atoms with Crippen LogP contribution in [0.3, 0.4) is 0 Å². The van der Waals surface area contributed by atoms with Crippen molar-refractivity contribution in [3.8, 4) is 56.9 Å². The number of phenols is 2. The van der Waals surface area contributed by atoms with Crippen molar-refractivity contribution >= 4 is 22.2 Å². The summed E-state index contributed by atoms with van der Waals surface area (Å²) in [6.45, 7) is 3.88. The lowest BCUT2D eigenvalue weighted by Crippen LogP contribution is -1.89. The fourth-order valence-corrected chi connectivity index (χ4v) is 4.93. The first-order chi connectivity index (χ1) is 19.5. The van der Waals surface area contributed by atoms with Crippen molar-refractivity contribution in [1.29, 1.82) is 0 Å². The van der Waals surface area contributed by atoms with Crippen LogP contribution in [0.4, 0.5) is 0 Å². The highest BCUT2D eigenvalue weighted by atomic mass is 16.4. The number of aryl methyl sites for hydroxylation is 2. The van der Waals surface area contributed by atoms with E-state index in [1.807, 2.05) is 74.5 Å². The molecule has 0 aliphatic rings. The fourth-order valence-electron chi connectivity index (χ4n) is 4.93. The average molecular weight is 527 g/mol. The quantitative estimate of drug-likeness (QED) is 0.243. The predicted molar refractivity (Wildman–Crippen MR) is 152 cm³/mol. The number of aromatic hydroxyl groups is 2. The van der Waals surface area contributed by atoms with Crippen molar-refractivity contribution in [2.75, 3.05) is 0 Å². The molecule has 40 heavy (non-hydrogen) atoms. The van der Waals surface area contributed by atoms with Crippen molar-refractivity contribution in [3.63, 3.8) is 0 Å². The van der Waals surface area contributed by atoms with Gasteiger partial charge in [-0.15, -0.1) is 0 Å². The van der Waals surface area contributed by atoms with Crippen molar-refractivity contribution in [2.24, 2.45) is 0 Å². The van der Waals surface area contributed by atoms with Crippen molar-refractivity contribution in [3.05, 3.63) is 96.3 Å². The van der Waals surface area contributed by atoms with Gasteiger partial charge >= 0.3 is 0 Å². The lowest BCUT2D eigenvalue weighted by Gasteiger charge is -2.09. The van der Waals surface area contributed by atoms with E-state index in [4.69, 9.17) is 18.8 Å². The van der Waals surface area contributed by atoms with Crippen molar-refractivity contribution < 1.29 is 19.0 Å². The van der Waals surface area contributed by atoms with Gasteiger partial charge in [-0.25, -0.2) is 9.97 Å². The Hall–Kier alpha value is -5.50. The molecule has 0 aliphatic heterocycles. The Balaban J connectivity index is 1.37. The summed E-state index contributed by atoms with van der Waals surface area (Å²) >= 11 is 0. The van der Waals surface area contributed by atoms with E-state index in [1.54, 1.807) is 24.5 Å². The standard InChI is InChI=1S/C32H22N4O4/c1-17-13-19(23-7-3-5-11-33-23)29(37)21(15-17)31-35-27-25(39-31)9-10-26-28(27)36-32(40-26)22-16-18(2)14-20(30(22)38)24-8-4-6-12-34-24/h3-16,37-38H,1-2H3. The highest BCUT2D eigenvalue weighted by Crippen LogP contribution is 2.42. The van der Waals surface area contributed by atoms with E-state index in [1.165, 1.54) is 0 Å². The molecule has 8 heteroatoms. The summed E-state index contributed by atoms with van der Waals surface area (Å²) in [6, 6.07) is 22.0.